The van der Waals surface area contributed by atoms with Crippen LogP contribution in [0.25, 0.3) is 16.7 Å². The van der Waals surface area contributed by atoms with Crippen LogP contribution in [0, 0.1) is 0 Å². The van der Waals surface area contributed by atoms with Crippen LogP contribution < -0.4 is 0 Å². The van der Waals surface area contributed by atoms with Crippen molar-refractivity contribution in [1.82, 2.24) is 14.5 Å². The Bertz CT molecular complexity index is 1070. The van der Waals surface area contributed by atoms with Crippen molar-refractivity contribution in [3.63, 3.8) is 0 Å². The van der Waals surface area contributed by atoms with E-state index < -0.39 is 5.60 Å². The number of hydrogen-bond donors (Lipinski definition) is 1. The van der Waals surface area contributed by atoms with Crippen LogP contribution in [0.1, 0.15) is 40.5 Å². The van der Waals surface area contributed by atoms with Crippen molar-refractivity contribution in [2.45, 2.75) is 25.4 Å². The zero-order valence-electron chi connectivity index (χ0n) is 16.5. The Morgan fingerprint density at radius 2 is 1.93 bits per heavy atom. The molecule has 0 aliphatic carbocycles. The van der Waals surface area contributed by atoms with Crippen molar-refractivity contribution in [3.8, 4) is 5.69 Å². The lowest BCUT2D eigenvalue weighted by Gasteiger charge is -2.36. The minimum Gasteiger partial charge on any atom is -0.465 e. The van der Waals surface area contributed by atoms with Gasteiger partial charge in [-0.1, -0.05) is 0 Å². The molecule has 1 N–H and O–H groups in total. The van der Waals surface area contributed by atoms with Crippen molar-refractivity contribution >= 4 is 22.9 Å². The number of carbonyl (C=O) groups is 2. The van der Waals surface area contributed by atoms with Crippen LogP contribution in [-0.4, -0.2) is 57.2 Å². The van der Waals surface area contributed by atoms with E-state index in [-0.39, 0.29) is 11.9 Å². The SMILES string of the molecule is COC(=O)c1ccc(-n2ccc3cc(C(=O)N4CCC[C@](C)(O)C4)cnc32)cc1. The molecular weight excluding hydrogens is 370 g/mol. The Balaban J connectivity index is 1.61. The second kappa shape index (κ2) is 7.33. The van der Waals surface area contributed by atoms with Gasteiger partial charge < -0.3 is 19.3 Å². The highest BCUT2D eigenvalue weighted by molar-refractivity contribution is 5.97. The molecule has 1 saturated heterocycles. The number of esters is 1. The molecule has 0 saturated carbocycles. The molecular formula is C22H23N3O4. The fourth-order valence-electron chi connectivity index (χ4n) is 3.80. The summed E-state index contributed by atoms with van der Waals surface area (Å²) in [4.78, 5) is 30.7. The molecule has 0 bridgehead atoms. The molecule has 0 unspecified atom stereocenters. The second-order valence-corrected chi connectivity index (χ2v) is 7.69. The maximum atomic E-state index is 12.9. The highest BCUT2D eigenvalue weighted by atomic mass is 16.5. The second-order valence-electron chi connectivity index (χ2n) is 7.69. The summed E-state index contributed by atoms with van der Waals surface area (Å²) in [6.45, 7) is 2.73. The van der Waals surface area contributed by atoms with Crippen LogP contribution >= 0.6 is 0 Å². The first-order valence-electron chi connectivity index (χ1n) is 9.55. The number of aromatic nitrogens is 2. The molecule has 1 aromatic carbocycles. The van der Waals surface area contributed by atoms with Crippen molar-refractivity contribution in [2.75, 3.05) is 20.2 Å². The Morgan fingerprint density at radius 1 is 1.17 bits per heavy atom. The summed E-state index contributed by atoms with van der Waals surface area (Å²) in [5, 5.41) is 11.1. The average molecular weight is 393 g/mol. The molecule has 0 radical (unpaired) electrons. The minimum atomic E-state index is -0.842. The zero-order chi connectivity index (χ0) is 20.6. The number of methoxy groups -OCH3 is 1. The summed E-state index contributed by atoms with van der Waals surface area (Å²) >= 11 is 0. The molecule has 7 heteroatoms. The van der Waals surface area contributed by atoms with Crippen molar-refractivity contribution in [1.29, 1.82) is 0 Å². The first-order chi connectivity index (χ1) is 13.9. The van der Waals surface area contributed by atoms with E-state index in [9.17, 15) is 14.7 Å². The van der Waals surface area contributed by atoms with Crippen LogP contribution in [0.3, 0.4) is 0 Å². The normalized spacial score (nSPS) is 19.3. The fraction of sp³-hybridized carbons (Fsp3) is 0.318. The van der Waals surface area contributed by atoms with Gasteiger partial charge in [-0.05, 0) is 56.2 Å². The van der Waals surface area contributed by atoms with Gasteiger partial charge in [0.1, 0.15) is 5.65 Å². The van der Waals surface area contributed by atoms with Crippen LogP contribution in [-0.2, 0) is 4.74 Å². The summed E-state index contributed by atoms with van der Waals surface area (Å²) in [5.41, 5.74) is 1.72. The van der Waals surface area contributed by atoms with Gasteiger partial charge in [0, 0.05) is 36.6 Å². The third-order valence-corrected chi connectivity index (χ3v) is 5.30. The van der Waals surface area contributed by atoms with E-state index in [4.69, 9.17) is 4.74 Å². The quantitative estimate of drug-likeness (QED) is 0.692. The van der Waals surface area contributed by atoms with Gasteiger partial charge in [0.25, 0.3) is 5.91 Å². The molecule has 1 fully saturated rings. The Hall–Kier alpha value is -3.19. The van der Waals surface area contributed by atoms with Crippen LogP contribution in [0.15, 0.2) is 48.8 Å². The molecule has 150 valence electrons. The summed E-state index contributed by atoms with van der Waals surface area (Å²) in [6, 6.07) is 10.8. The molecule has 3 heterocycles. The smallest absolute Gasteiger partial charge is 0.337 e. The fourth-order valence-corrected chi connectivity index (χ4v) is 3.80. The largest absolute Gasteiger partial charge is 0.465 e. The number of likely N-dealkylation sites (tertiary alicyclic amines) is 1. The number of rotatable bonds is 3. The molecule has 4 rings (SSSR count). The van der Waals surface area contributed by atoms with E-state index in [1.807, 2.05) is 35.0 Å². The van der Waals surface area contributed by atoms with Crippen LogP contribution in [0.2, 0.25) is 0 Å². The molecule has 1 amide bonds. The maximum Gasteiger partial charge on any atom is 0.337 e. The maximum absolute atomic E-state index is 12.9. The lowest BCUT2D eigenvalue weighted by molar-refractivity contribution is -0.0107. The predicted molar refractivity (Wildman–Crippen MR) is 108 cm³/mol. The molecule has 3 aromatic rings. The Kier molecular flexibility index (Phi) is 4.84. The standard InChI is InChI=1S/C22H23N3O4/c1-22(28)9-3-10-24(14-22)20(26)17-12-16-8-11-25(19(16)23-13-17)18-6-4-15(5-7-18)21(27)29-2/h4-8,11-13,28H,3,9-10,14H2,1-2H3/t22-/m0/s1. The number of fused-ring (bicyclic) bond motifs is 1. The average Bonchev–Trinajstić information content (AvgIpc) is 3.15. The van der Waals surface area contributed by atoms with Gasteiger partial charge in [0.05, 0.1) is 23.8 Å². The van der Waals surface area contributed by atoms with E-state index in [2.05, 4.69) is 4.98 Å². The van der Waals surface area contributed by atoms with E-state index in [0.29, 0.717) is 30.6 Å². The first kappa shape index (κ1) is 19.1. The van der Waals surface area contributed by atoms with Gasteiger partial charge in [-0.2, -0.15) is 0 Å². The predicted octanol–water partition coefficient (Wildman–Crippen LogP) is 2.80. The van der Waals surface area contributed by atoms with Crippen molar-refractivity contribution < 1.29 is 19.4 Å². The molecule has 0 spiro atoms. The molecule has 1 atom stereocenters. The van der Waals surface area contributed by atoms with Crippen LogP contribution in [0.5, 0.6) is 0 Å². The summed E-state index contributed by atoms with van der Waals surface area (Å²) in [6.07, 6.45) is 4.94. The van der Waals surface area contributed by atoms with Gasteiger partial charge in [-0.3, -0.25) is 4.79 Å². The van der Waals surface area contributed by atoms with E-state index in [1.54, 1.807) is 30.2 Å². The summed E-state index contributed by atoms with van der Waals surface area (Å²) in [7, 11) is 1.35. The number of pyridine rings is 1. The zero-order valence-corrected chi connectivity index (χ0v) is 16.5. The first-order valence-corrected chi connectivity index (χ1v) is 9.55. The minimum absolute atomic E-state index is 0.116. The van der Waals surface area contributed by atoms with E-state index in [1.165, 1.54) is 7.11 Å². The molecule has 7 nitrogen and oxygen atoms in total. The number of nitrogens with zero attached hydrogens (tertiary/aromatic N) is 3. The van der Waals surface area contributed by atoms with Crippen LogP contribution in [0.4, 0.5) is 0 Å². The molecule has 2 aromatic heterocycles. The Morgan fingerprint density at radius 3 is 2.62 bits per heavy atom. The Labute approximate surface area is 168 Å². The van der Waals surface area contributed by atoms with Crippen molar-refractivity contribution in [3.05, 3.63) is 59.9 Å². The van der Waals surface area contributed by atoms with E-state index >= 15 is 0 Å². The monoisotopic (exact) mass is 393 g/mol. The van der Waals surface area contributed by atoms with Gasteiger partial charge in [0.15, 0.2) is 0 Å². The highest BCUT2D eigenvalue weighted by Gasteiger charge is 2.31. The third-order valence-electron chi connectivity index (χ3n) is 5.30. The molecule has 1 aliphatic heterocycles. The number of amides is 1. The number of ether oxygens (including phenoxy) is 1. The number of hydrogen-bond acceptors (Lipinski definition) is 5. The lowest BCUT2D eigenvalue weighted by Crippen LogP contribution is -2.48. The van der Waals surface area contributed by atoms with Gasteiger partial charge in [-0.15, -0.1) is 0 Å². The van der Waals surface area contributed by atoms with Gasteiger partial charge in [-0.25, -0.2) is 9.78 Å². The number of piperidine rings is 1. The van der Waals surface area contributed by atoms with Gasteiger partial charge in [0.2, 0.25) is 0 Å². The summed E-state index contributed by atoms with van der Waals surface area (Å²) < 4.78 is 6.62. The van der Waals surface area contributed by atoms with Gasteiger partial charge >= 0.3 is 5.97 Å². The molecule has 1 aliphatic rings. The summed E-state index contributed by atoms with van der Waals surface area (Å²) in [5.74, 6) is -0.499. The topological polar surface area (TPSA) is 84.7 Å². The lowest BCUT2D eigenvalue weighted by atomic mass is 9.95. The number of aliphatic hydroxyl groups is 1. The number of benzene rings is 1. The molecule has 29 heavy (non-hydrogen) atoms. The number of β-amino-alcohol motifs (C(OH)–C–C–N with tert-alkyl or cyclic N) is 1. The number of carbonyl (C=O) groups excluding carboxylic acids is 2. The third kappa shape index (κ3) is 3.73. The highest BCUT2D eigenvalue weighted by Crippen LogP contribution is 2.24. The van der Waals surface area contributed by atoms with Crippen molar-refractivity contribution in [2.24, 2.45) is 0 Å². The van der Waals surface area contributed by atoms with E-state index in [0.717, 1.165) is 23.1 Å².